The molecule has 0 bridgehead atoms. The van der Waals surface area contributed by atoms with E-state index in [1.165, 1.54) is 61.8 Å². The number of hydrogen-bond acceptors (Lipinski definition) is 0. The van der Waals surface area contributed by atoms with Gasteiger partial charge in [0.15, 0.2) is 0 Å². The Morgan fingerprint density at radius 1 is 0.870 bits per heavy atom. The molecule has 1 aromatic rings. The first-order valence-electron chi connectivity index (χ1n) is 9.40. The number of halogens is 1. The van der Waals surface area contributed by atoms with Crippen molar-refractivity contribution < 1.29 is 4.48 Å². The number of likely N-dealkylation sites (N-methyl/N-ethyl adjacent to an activating group) is 1. The number of allylic oxidation sites excluding steroid dienone is 1. The van der Waals surface area contributed by atoms with Gasteiger partial charge in [-0.15, -0.1) is 0 Å². The summed E-state index contributed by atoms with van der Waals surface area (Å²) in [6, 6.07) is 8.17. The van der Waals surface area contributed by atoms with E-state index in [1.54, 1.807) is 0 Å². The lowest BCUT2D eigenvalue weighted by Crippen LogP contribution is -2.48. The molecule has 0 aromatic heterocycles. The molecule has 0 unspecified atom stereocenters. The summed E-state index contributed by atoms with van der Waals surface area (Å²) in [6.45, 7) is 11.9. The zero-order valence-corrected chi connectivity index (χ0v) is 16.1. The minimum Gasteiger partial charge on any atom is -0.321 e. The highest BCUT2D eigenvalue weighted by Crippen LogP contribution is 2.13. The quantitative estimate of drug-likeness (QED) is 0.240. The van der Waals surface area contributed by atoms with Crippen LogP contribution in [0.1, 0.15) is 58.4 Å². The van der Waals surface area contributed by atoms with Gasteiger partial charge in [0.05, 0.1) is 26.2 Å². The van der Waals surface area contributed by atoms with E-state index in [9.17, 15) is 0 Å². The molecule has 1 rings (SSSR count). The number of unbranched alkanes of at least 4 members (excludes halogenated alkanes) is 4. The van der Waals surface area contributed by atoms with Gasteiger partial charge in [-0.3, -0.25) is 0 Å². The van der Waals surface area contributed by atoms with Crippen molar-refractivity contribution in [3.05, 3.63) is 47.0 Å². The maximum atomic E-state index is 5.93. The Morgan fingerprint density at radius 3 is 2.13 bits per heavy atom. The Morgan fingerprint density at radius 2 is 1.52 bits per heavy atom. The Hall–Kier alpha value is -0.790. The van der Waals surface area contributed by atoms with E-state index in [4.69, 9.17) is 11.6 Å². The van der Waals surface area contributed by atoms with Gasteiger partial charge in [0.25, 0.3) is 0 Å². The third kappa shape index (κ3) is 8.04. The van der Waals surface area contributed by atoms with Crippen molar-refractivity contribution in [3.8, 4) is 0 Å². The third-order valence-electron chi connectivity index (χ3n) is 5.00. The highest BCUT2D eigenvalue weighted by Gasteiger charge is 2.20. The van der Waals surface area contributed by atoms with Crippen LogP contribution in [0.25, 0.3) is 0 Å². The molecule has 2 heteroatoms. The topological polar surface area (TPSA) is 0 Å². The predicted molar refractivity (Wildman–Crippen MR) is 104 cm³/mol. The van der Waals surface area contributed by atoms with Crippen LogP contribution in [0.15, 0.2) is 36.4 Å². The highest BCUT2D eigenvalue weighted by atomic mass is 35.5. The number of rotatable bonds is 12. The number of hydrogen-bond donors (Lipinski definition) is 0. The Kier molecular flexibility index (Phi) is 10.3. The molecule has 1 nitrogen and oxygen atoms in total. The fourth-order valence-electron chi connectivity index (χ4n) is 3.08. The van der Waals surface area contributed by atoms with Crippen LogP contribution in [0.3, 0.4) is 0 Å². The largest absolute Gasteiger partial charge is 0.321 e. The molecule has 0 radical (unpaired) electrons. The molecule has 0 amide bonds. The van der Waals surface area contributed by atoms with Gasteiger partial charge in [-0.2, -0.15) is 0 Å². The summed E-state index contributed by atoms with van der Waals surface area (Å²) in [5.74, 6) is 0. The van der Waals surface area contributed by atoms with Crippen LogP contribution >= 0.6 is 11.6 Å². The van der Waals surface area contributed by atoms with Gasteiger partial charge in [-0.25, -0.2) is 0 Å². The molecular formula is C21H35ClN+. The van der Waals surface area contributed by atoms with Crippen LogP contribution in [-0.4, -0.2) is 30.7 Å². The average molecular weight is 337 g/mol. The van der Waals surface area contributed by atoms with E-state index in [0.717, 1.165) is 18.0 Å². The van der Waals surface area contributed by atoms with Crippen LogP contribution in [-0.2, 0) is 6.42 Å². The molecule has 0 atom stereocenters. The molecule has 0 saturated carbocycles. The normalized spacial score (nSPS) is 12.2. The second-order valence-corrected chi connectivity index (χ2v) is 7.03. The summed E-state index contributed by atoms with van der Waals surface area (Å²) in [5.41, 5.74) is 1.33. The van der Waals surface area contributed by atoms with Crippen LogP contribution in [0, 0.1) is 0 Å². The van der Waals surface area contributed by atoms with Crippen LogP contribution in [0.4, 0.5) is 0 Å². The molecule has 1 aromatic carbocycles. The lowest BCUT2D eigenvalue weighted by atomic mass is 10.1. The molecule has 0 aliphatic rings. The van der Waals surface area contributed by atoms with Crippen molar-refractivity contribution in [2.24, 2.45) is 0 Å². The first-order chi connectivity index (χ1) is 11.2. The van der Waals surface area contributed by atoms with E-state index in [-0.39, 0.29) is 0 Å². The van der Waals surface area contributed by atoms with E-state index in [0.29, 0.717) is 0 Å². The first-order valence-corrected chi connectivity index (χ1v) is 9.78. The smallest absolute Gasteiger partial charge is 0.0973 e. The van der Waals surface area contributed by atoms with Gasteiger partial charge in [0, 0.05) is 5.02 Å². The average Bonchev–Trinajstić information content (AvgIpc) is 2.58. The van der Waals surface area contributed by atoms with Crippen molar-refractivity contribution in [3.63, 3.8) is 0 Å². The van der Waals surface area contributed by atoms with Crippen molar-refractivity contribution >= 4 is 11.6 Å². The van der Waals surface area contributed by atoms with Gasteiger partial charge >= 0.3 is 0 Å². The SMILES string of the molecule is CCCCCCC[N+](CC)(CC)C/C=C/Cc1ccc(Cl)cc1. The lowest BCUT2D eigenvalue weighted by Gasteiger charge is -2.36. The van der Waals surface area contributed by atoms with Crippen molar-refractivity contribution in [1.82, 2.24) is 0 Å². The lowest BCUT2D eigenvalue weighted by molar-refractivity contribution is -0.919. The number of nitrogens with zero attached hydrogens (tertiary/aromatic N) is 1. The molecule has 0 N–H and O–H groups in total. The molecule has 0 fully saturated rings. The standard InChI is InChI=1S/C21H35ClN/c1-4-7-8-9-11-18-23(5-2,6-3)19-12-10-13-20-14-16-21(22)17-15-20/h10,12,14-17H,4-9,11,13,18-19H2,1-3H3/q+1/b12-10+. The van der Waals surface area contributed by atoms with Crippen molar-refractivity contribution in [1.29, 1.82) is 0 Å². The maximum absolute atomic E-state index is 5.93. The molecular weight excluding hydrogens is 302 g/mol. The molecule has 130 valence electrons. The Labute approximate surface area is 148 Å². The Balaban J connectivity index is 2.41. The summed E-state index contributed by atoms with van der Waals surface area (Å²) in [4.78, 5) is 0. The van der Waals surface area contributed by atoms with Gasteiger partial charge < -0.3 is 4.48 Å². The monoisotopic (exact) mass is 336 g/mol. The summed E-state index contributed by atoms with van der Waals surface area (Å²) in [6.07, 6.45) is 12.6. The highest BCUT2D eigenvalue weighted by molar-refractivity contribution is 6.30. The number of benzene rings is 1. The van der Waals surface area contributed by atoms with E-state index < -0.39 is 0 Å². The number of quaternary nitrogens is 1. The minimum absolute atomic E-state index is 0.813. The molecule has 0 heterocycles. The predicted octanol–water partition coefficient (Wildman–Crippen LogP) is 6.27. The second kappa shape index (κ2) is 11.7. The summed E-state index contributed by atoms with van der Waals surface area (Å²) >= 11 is 5.93. The van der Waals surface area contributed by atoms with Crippen LogP contribution < -0.4 is 0 Å². The van der Waals surface area contributed by atoms with E-state index in [2.05, 4.69) is 45.1 Å². The third-order valence-corrected chi connectivity index (χ3v) is 5.26. The van der Waals surface area contributed by atoms with Gasteiger partial charge in [0.2, 0.25) is 0 Å². The van der Waals surface area contributed by atoms with Crippen LogP contribution in [0.5, 0.6) is 0 Å². The minimum atomic E-state index is 0.813. The summed E-state index contributed by atoms with van der Waals surface area (Å²) in [7, 11) is 0. The van der Waals surface area contributed by atoms with Gasteiger partial charge in [-0.1, -0.05) is 56.0 Å². The molecule has 0 aliphatic heterocycles. The fourth-order valence-corrected chi connectivity index (χ4v) is 3.20. The molecule has 0 aliphatic carbocycles. The Bertz CT molecular complexity index is 432. The van der Waals surface area contributed by atoms with E-state index in [1.807, 2.05) is 12.1 Å². The van der Waals surface area contributed by atoms with Gasteiger partial charge in [-0.05, 0) is 56.9 Å². The zero-order valence-electron chi connectivity index (χ0n) is 15.4. The molecule has 23 heavy (non-hydrogen) atoms. The van der Waals surface area contributed by atoms with E-state index >= 15 is 0 Å². The van der Waals surface area contributed by atoms with Crippen LogP contribution in [0.2, 0.25) is 5.02 Å². The zero-order chi connectivity index (χ0) is 17.0. The first kappa shape index (κ1) is 20.3. The van der Waals surface area contributed by atoms with Crippen molar-refractivity contribution in [2.45, 2.75) is 59.3 Å². The summed E-state index contributed by atoms with van der Waals surface area (Å²) in [5, 5.41) is 0.813. The maximum Gasteiger partial charge on any atom is 0.0973 e. The second-order valence-electron chi connectivity index (χ2n) is 6.60. The summed E-state index contributed by atoms with van der Waals surface area (Å²) < 4.78 is 1.23. The molecule has 0 spiro atoms. The fraction of sp³-hybridized carbons (Fsp3) is 0.619. The molecule has 0 saturated heterocycles. The van der Waals surface area contributed by atoms with Crippen molar-refractivity contribution in [2.75, 3.05) is 26.2 Å². The van der Waals surface area contributed by atoms with Gasteiger partial charge in [0.1, 0.15) is 0 Å².